The van der Waals surface area contributed by atoms with E-state index in [9.17, 15) is 58.5 Å². The van der Waals surface area contributed by atoms with Gasteiger partial charge in [-0.3, -0.25) is 24.0 Å². The number of nitrogens with one attached hydrogen (secondary N) is 4. The zero-order valence-corrected chi connectivity index (χ0v) is 33.3. The van der Waals surface area contributed by atoms with E-state index in [1.165, 1.54) is 25.7 Å². The Morgan fingerprint density at radius 1 is 0.421 bits per heavy atom. The van der Waals surface area contributed by atoms with E-state index in [0.29, 0.717) is 38.5 Å². The maximum Gasteiger partial charge on any atom is 0.326 e. The van der Waals surface area contributed by atoms with Gasteiger partial charge in [0.2, 0.25) is 23.6 Å². The topological polar surface area (TPSA) is 309 Å². The van der Waals surface area contributed by atoms with Crippen molar-refractivity contribution in [3.05, 3.63) is 0 Å². The Hall–Kier alpha value is -4.61. The van der Waals surface area contributed by atoms with Gasteiger partial charge in [0.15, 0.2) is 0 Å². The number of amides is 4. The van der Waals surface area contributed by atoms with Crippen LogP contribution in [0.2, 0.25) is 0 Å². The number of carboxylic acids is 4. The van der Waals surface area contributed by atoms with Gasteiger partial charge in [0.25, 0.3) is 0 Å². The number of carbonyl (C=O) groups excluding carboxylic acids is 5. The molecule has 0 aromatic heterocycles. The lowest BCUT2D eigenvalue weighted by Gasteiger charge is -2.18. The van der Waals surface area contributed by atoms with Crippen LogP contribution in [0.15, 0.2) is 0 Å². The lowest BCUT2D eigenvalue weighted by atomic mass is 10.0. The maximum absolute atomic E-state index is 12.5. The largest absolute Gasteiger partial charge is 0.481 e. The average molecular weight is 814 g/mol. The number of rotatable bonds is 38. The molecule has 0 radical (unpaired) electrons. The van der Waals surface area contributed by atoms with Crippen LogP contribution in [-0.4, -0.2) is 105 Å². The van der Waals surface area contributed by atoms with Crippen molar-refractivity contribution in [3.8, 4) is 0 Å². The van der Waals surface area contributed by atoms with E-state index in [0.717, 1.165) is 57.8 Å². The Balaban J connectivity index is 4.34. The predicted octanol–water partition coefficient (Wildman–Crippen LogP) is 3.17. The molecule has 0 rings (SSSR count). The molecule has 1 unspecified atom stereocenters. The first-order valence-corrected chi connectivity index (χ1v) is 20.4. The van der Waals surface area contributed by atoms with Gasteiger partial charge in [0.05, 0.1) is 6.04 Å². The number of nitrogens with two attached hydrogens (primary N) is 1. The number of unbranched alkanes of at least 4 members (excludes halogenated alkanes) is 14. The normalized spacial score (nSPS) is 13.0. The molecule has 0 aliphatic rings. The highest BCUT2D eigenvalue weighted by atomic mass is 16.4. The Bertz CT molecular complexity index is 1250. The Labute approximate surface area is 335 Å². The van der Waals surface area contributed by atoms with E-state index >= 15 is 0 Å². The van der Waals surface area contributed by atoms with Gasteiger partial charge in [-0.2, -0.15) is 0 Å². The molecule has 0 aromatic carbocycles. The Kier molecular flexibility index (Phi) is 30.8. The first kappa shape index (κ1) is 52.4. The molecule has 0 heterocycles. The predicted molar refractivity (Wildman–Crippen MR) is 209 cm³/mol. The Morgan fingerprint density at radius 3 is 1.11 bits per heavy atom. The molecule has 0 fully saturated rings. The summed E-state index contributed by atoms with van der Waals surface area (Å²) in [5.74, 6) is -7.47. The molecule has 0 bridgehead atoms. The molecule has 0 aromatic rings. The van der Waals surface area contributed by atoms with Crippen molar-refractivity contribution in [2.45, 2.75) is 185 Å². The van der Waals surface area contributed by atoms with E-state index in [1.807, 2.05) is 0 Å². The number of carbonyl (C=O) groups is 9. The number of hydrogen-bond acceptors (Lipinski definition) is 10. The van der Waals surface area contributed by atoms with Gasteiger partial charge < -0.3 is 52.2 Å². The molecular weight excluding hydrogens is 746 g/mol. The van der Waals surface area contributed by atoms with Crippen LogP contribution in [0.25, 0.3) is 0 Å². The van der Waals surface area contributed by atoms with Crippen LogP contribution in [0, 0.1) is 0 Å². The summed E-state index contributed by atoms with van der Waals surface area (Å²) in [6.45, 7) is 0.300. The van der Waals surface area contributed by atoms with Crippen LogP contribution in [0.4, 0.5) is 0 Å². The minimum atomic E-state index is -1.53. The van der Waals surface area contributed by atoms with Crippen LogP contribution < -0.4 is 27.0 Å². The quantitative estimate of drug-likeness (QED) is 0.0320. The lowest BCUT2D eigenvalue weighted by Crippen LogP contribution is -2.45. The van der Waals surface area contributed by atoms with E-state index in [2.05, 4.69) is 21.3 Å². The summed E-state index contributed by atoms with van der Waals surface area (Å²) >= 11 is 0. The van der Waals surface area contributed by atoms with Crippen molar-refractivity contribution in [2.24, 2.45) is 5.73 Å². The van der Waals surface area contributed by atoms with E-state index in [4.69, 9.17) is 10.8 Å². The molecule has 0 saturated carbocycles. The summed E-state index contributed by atoms with van der Waals surface area (Å²) in [6.07, 6.45) is 15.0. The second-order valence-corrected chi connectivity index (χ2v) is 14.5. The first-order valence-electron chi connectivity index (χ1n) is 20.4. The highest BCUT2D eigenvalue weighted by Crippen LogP contribution is 2.14. The van der Waals surface area contributed by atoms with Crippen LogP contribution in [-0.2, 0) is 43.2 Å². The highest BCUT2D eigenvalue weighted by Gasteiger charge is 2.26. The van der Waals surface area contributed by atoms with Crippen LogP contribution in [0.5, 0.6) is 0 Å². The molecule has 0 saturated heterocycles. The second-order valence-electron chi connectivity index (χ2n) is 14.5. The Morgan fingerprint density at radius 2 is 0.754 bits per heavy atom. The molecule has 18 heteroatoms. The van der Waals surface area contributed by atoms with Crippen molar-refractivity contribution in [1.82, 2.24) is 21.3 Å². The van der Waals surface area contributed by atoms with Crippen molar-refractivity contribution >= 4 is 53.8 Å². The van der Waals surface area contributed by atoms with Crippen LogP contribution in [0.3, 0.4) is 0 Å². The van der Waals surface area contributed by atoms with Gasteiger partial charge in [0.1, 0.15) is 24.4 Å². The number of hydrogen-bond donors (Lipinski definition) is 9. The fourth-order valence-electron chi connectivity index (χ4n) is 5.97. The second kappa shape index (κ2) is 33.5. The molecule has 4 amide bonds. The fourth-order valence-corrected chi connectivity index (χ4v) is 5.97. The van der Waals surface area contributed by atoms with Crippen LogP contribution in [0.1, 0.15) is 161 Å². The summed E-state index contributed by atoms with van der Waals surface area (Å²) in [7, 11) is 0. The molecule has 18 nitrogen and oxygen atoms in total. The fraction of sp³-hybridized carbons (Fsp3) is 0.769. The standard InChI is InChI=1S/C39H67N5O13/c40-28(27-45)17-15-16-26-41-32(46)23-20-29(37(52)53)43-34(48)25-22-31(39(56)57)44-35(49)24-21-30(38(54)55)42-33(47)18-13-11-9-7-5-3-1-2-4-6-8-10-12-14-19-36(50)51/h27-31H,1-26,40H2,(H,41,46)(H,42,47)(H,43,48)(H,44,49)(H,50,51)(H,52,53)(H,54,55)(H,56,57)/t28-,29-,30-,31?/m0/s1. The van der Waals surface area contributed by atoms with E-state index in [-0.39, 0.29) is 32.1 Å². The first-order chi connectivity index (χ1) is 27.2. The summed E-state index contributed by atoms with van der Waals surface area (Å²) in [5.41, 5.74) is 5.50. The lowest BCUT2D eigenvalue weighted by molar-refractivity contribution is -0.144. The molecule has 0 spiro atoms. The average Bonchev–Trinajstić information content (AvgIpc) is 3.15. The van der Waals surface area contributed by atoms with Gasteiger partial charge in [-0.1, -0.05) is 77.0 Å². The number of aldehydes is 1. The summed E-state index contributed by atoms with van der Waals surface area (Å²) < 4.78 is 0. The third kappa shape index (κ3) is 31.2. The summed E-state index contributed by atoms with van der Waals surface area (Å²) in [5, 5.41) is 46.7. The third-order valence-corrected chi connectivity index (χ3v) is 9.39. The zero-order valence-electron chi connectivity index (χ0n) is 33.3. The molecule has 0 aliphatic carbocycles. The van der Waals surface area contributed by atoms with E-state index < -0.39 is 90.9 Å². The number of carboxylic acid groups (broad SMARTS) is 4. The zero-order chi connectivity index (χ0) is 42.8. The minimum Gasteiger partial charge on any atom is -0.481 e. The molecule has 4 atom stereocenters. The highest BCUT2D eigenvalue weighted by molar-refractivity contribution is 5.87. The molecular formula is C39H67N5O13. The summed E-state index contributed by atoms with van der Waals surface area (Å²) in [6, 6.07) is -4.89. The SMILES string of the molecule is N[C@H](C=O)CCCCNC(=O)CC[C@H](NC(=O)CCC(NC(=O)CC[C@H](NC(=O)CCCCCCCCCCCCCCCCC(=O)O)C(=O)O)C(=O)O)C(=O)O. The molecule has 57 heavy (non-hydrogen) atoms. The summed E-state index contributed by atoms with van der Waals surface area (Å²) in [4.78, 5) is 106. The molecule has 326 valence electrons. The van der Waals surface area contributed by atoms with Crippen molar-refractivity contribution in [2.75, 3.05) is 6.54 Å². The number of aliphatic carboxylic acids is 4. The molecule has 0 aliphatic heterocycles. The van der Waals surface area contributed by atoms with Crippen molar-refractivity contribution in [1.29, 1.82) is 0 Å². The smallest absolute Gasteiger partial charge is 0.326 e. The van der Waals surface area contributed by atoms with Gasteiger partial charge in [-0.25, -0.2) is 14.4 Å². The van der Waals surface area contributed by atoms with Crippen molar-refractivity contribution in [3.63, 3.8) is 0 Å². The van der Waals surface area contributed by atoms with Crippen LogP contribution >= 0.6 is 0 Å². The third-order valence-electron chi connectivity index (χ3n) is 9.39. The monoisotopic (exact) mass is 813 g/mol. The van der Waals surface area contributed by atoms with Gasteiger partial charge in [-0.05, 0) is 51.4 Å². The van der Waals surface area contributed by atoms with Crippen molar-refractivity contribution < 1.29 is 63.6 Å². The van der Waals surface area contributed by atoms with E-state index in [1.54, 1.807) is 0 Å². The minimum absolute atomic E-state index is 0.131. The van der Waals surface area contributed by atoms with Gasteiger partial charge in [0, 0.05) is 38.6 Å². The maximum atomic E-state index is 12.5. The van der Waals surface area contributed by atoms with Gasteiger partial charge in [-0.15, -0.1) is 0 Å². The molecule has 10 N–H and O–H groups in total. The van der Waals surface area contributed by atoms with Gasteiger partial charge >= 0.3 is 23.9 Å².